The monoisotopic (exact) mass is 267 g/mol. The van der Waals surface area contributed by atoms with Gasteiger partial charge in [-0.2, -0.15) is 0 Å². The zero-order chi connectivity index (χ0) is 13.1. The lowest BCUT2D eigenvalue weighted by Crippen LogP contribution is -2.59. The quantitative estimate of drug-likeness (QED) is 0.870. The Bertz CT molecular complexity index is 421. The number of nitrogens with two attached hydrogens (primary N) is 1. The smallest absolute Gasteiger partial charge is 0.243 e. The molecule has 1 heterocycles. The molecule has 1 aliphatic rings. The normalized spacial score (nSPS) is 23.9. The topological polar surface area (TPSA) is 58.4 Å². The van der Waals surface area contributed by atoms with E-state index in [-0.39, 0.29) is 18.0 Å². The van der Waals surface area contributed by atoms with E-state index in [0.29, 0.717) is 18.0 Å². The van der Waals surface area contributed by atoms with Crippen molar-refractivity contribution < 1.29 is 4.79 Å². The molecule has 0 aromatic heterocycles. The lowest BCUT2D eigenvalue weighted by atomic mass is 10.0. The highest BCUT2D eigenvalue weighted by atomic mass is 35.5. The number of carbonyl (C=O) groups excluding carboxylic acids is 1. The summed E-state index contributed by atoms with van der Waals surface area (Å²) in [4.78, 5) is 14.1. The van der Waals surface area contributed by atoms with Crippen LogP contribution in [0.25, 0.3) is 0 Å². The first-order valence-electron chi connectivity index (χ1n) is 6.14. The summed E-state index contributed by atoms with van der Waals surface area (Å²) in [5, 5.41) is 3.66. The average Bonchev–Trinajstić information content (AvgIpc) is 2.33. The average molecular weight is 268 g/mol. The van der Waals surface area contributed by atoms with E-state index in [4.69, 9.17) is 17.3 Å². The molecule has 3 N–H and O–H groups in total. The second kappa shape index (κ2) is 5.59. The maximum absolute atomic E-state index is 12.0. The molecule has 5 heteroatoms. The van der Waals surface area contributed by atoms with Gasteiger partial charge in [-0.25, -0.2) is 0 Å². The van der Waals surface area contributed by atoms with Gasteiger partial charge in [0.2, 0.25) is 5.91 Å². The predicted octanol–water partition coefficient (Wildman–Crippen LogP) is 1.38. The summed E-state index contributed by atoms with van der Waals surface area (Å²) in [5.41, 5.74) is 6.61. The summed E-state index contributed by atoms with van der Waals surface area (Å²) in [6.45, 7) is 3.29. The minimum Gasteiger partial charge on any atom is -0.357 e. The van der Waals surface area contributed by atoms with E-state index < -0.39 is 0 Å². The molecule has 4 nitrogen and oxygen atoms in total. The number of piperazine rings is 1. The van der Waals surface area contributed by atoms with Gasteiger partial charge < -0.3 is 16.0 Å². The lowest BCUT2D eigenvalue weighted by molar-refractivity contribution is -0.124. The molecule has 2 atom stereocenters. The third kappa shape index (κ3) is 2.76. The Morgan fingerprint density at radius 1 is 1.44 bits per heavy atom. The Labute approximate surface area is 112 Å². The van der Waals surface area contributed by atoms with E-state index >= 15 is 0 Å². The molecule has 0 aliphatic carbocycles. The fourth-order valence-corrected chi connectivity index (χ4v) is 2.44. The van der Waals surface area contributed by atoms with Crippen LogP contribution in [0.4, 0.5) is 5.69 Å². The molecule has 0 saturated carbocycles. The number of amides is 1. The molecular formula is C13H18ClN3O. The van der Waals surface area contributed by atoms with Gasteiger partial charge in [-0.05, 0) is 44.2 Å². The van der Waals surface area contributed by atoms with Gasteiger partial charge in [0.1, 0.15) is 6.04 Å². The van der Waals surface area contributed by atoms with Crippen LogP contribution in [-0.2, 0) is 4.79 Å². The first-order valence-corrected chi connectivity index (χ1v) is 6.52. The Kier molecular flexibility index (Phi) is 4.09. The fraction of sp³-hybridized carbons (Fsp3) is 0.462. The van der Waals surface area contributed by atoms with Crippen LogP contribution >= 0.6 is 11.6 Å². The maximum atomic E-state index is 12.0. The molecule has 0 spiro atoms. The first kappa shape index (κ1) is 13.2. The fourth-order valence-electron chi connectivity index (χ4n) is 2.31. The number of halogens is 1. The zero-order valence-corrected chi connectivity index (χ0v) is 11.2. The highest BCUT2D eigenvalue weighted by Gasteiger charge is 2.32. The van der Waals surface area contributed by atoms with Crippen molar-refractivity contribution in [1.82, 2.24) is 5.32 Å². The molecule has 1 saturated heterocycles. The van der Waals surface area contributed by atoms with Crippen molar-refractivity contribution in [1.29, 1.82) is 0 Å². The third-order valence-electron chi connectivity index (χ3n) is 3.14. The van der Waals surface area contributed by atoms with Crippen LogP contribution in [0.3, 0.4) is 0 Å². The van der Waals surface area contributed by atoms with Crippen LogP contribution in [0.5, 0.6) is 0 Å². The summed E-state index contributed by atoms with van der Waals surface area (Å²) in [5.74, 6) is 0.0501. The Morgan fingerprint density at radius 2 is 2.11 bits per heavy atom. The second-order valence-electron chi connectivity index (χ2n) is 4.63. The molecule has 1 aromatic rings. The molecule has 18 heavy (non-hydrogen) atoms. The van der Waals surface area contributed by atoms with Gasteiger partial charge >= 0.3 is 0 Å². The first-order chi connectivity index (χ1) is 8.61. The van der Waals surface area contributed by atoms with E-state index in [2.05, 4.69) is 10.2 Å². The van der Waals surface area contributed by atoms with Crippen LogP contribution in [0.2, 0.25) is 5.02 Å². The van der Waals surface area contributed by atoms with Crippen LogP contribution < -0.4 is 16.0 Å². The third-order valence-corrected chi connectivity index (χ3v) is 3.39. The molecule has 2 rings (SSSR count). The van der Waals surface area contributed by atoms with Gasteiger partial charge in [-0.15, -0.1) is 0 Å². The number of anilines is 1. The largest absolute Gasteiger partial charge is 0.357 e. The van der Waals surface area contributed by atoms with E-state index in [9.17, 15) is 4.79 Å². The number of nitrogens with zero attached hydrogens (tertiary/aromatic N) is 1. The van der Waals surface area contributed by atoms with Crippen molar-refractivity contribution in [2.45, 2.75) is 25.4 Å². The highest BCUT2D eigenvalue weighted by Crippen LogP contribution is 2.23. The van der Waals surface area contributed by atoms with Crippen LogP contribution in [0.15, 0.2) is 24.3 Å². The van der Waals surface area contributed by atoms with Gasteiger partial charge in [-0.1, -0.05) is 11.6 Å². The Morgan fingerprint density at radius 3 is 2.72 bits per heavy atom. The number of nitrogens with one attached hydrogen (secondary N) is 1. The number of hydrogen-bond donors (Lipinski definition) is 2. The van der Waals surface area contributed by atoms with E-state index in [1.807, 2.05) is 31.2 Å². The molecule has 1 fully saturated rings. The lowest BCUT2D eigenvalue weighted by Gasteiger charge is -2.39. The van der Waals surface area contributed by atoms with Crippen molar-refractivity contribution >= 4 is 23.2 Å². The summed E-state index contributed by atoms with van der Waals surface area (Å²) in [7, 11) is 0. The standard InChI is InChI=1S/C13H18ClN3O/c1-9-8-17(11-4-2-10(14)3-5-11)12(6-7-15)13(18)16-9/h2-5,9,12H,6-8,15H2,1H3,(H,16,18). The maximum Gasteiger partial charge on any atom is 0.243 e. The van der Waals surface area contributed by atoms with Crippen molar-refractivity contribution in [3.05, 3.63) is 29.3 Å². The van der Waals surface area contributed by atoms with E-state index in [1.54, 1.807) is 0 Å². The number of rotatable bonds is 3. The molecular weight excluding hydrogens is 250 g/mol. The number of carbonyl (C=O) groups is 1. The van der Waals surface area contributed by atoms with Crippen molar-refractivity contribution in [3.8, 4) is 0 Å². The number of benzene rings is 1. The van der Waals surface area contributed by atoms with Gasteiger partial charge in [0.25, 0.3) is 0 Å². The predicted molar refractivity (Wildman–Crippen MR) is 73.9 cm³/mol. The van der Waals surface area contributed by atoms with Crippen LogP contribution in [0.1, 0.15) is 13.3 Å². The molecule has 0 bridgehead atoms. The van der Waals surface area contributed by atoms with Crippen molar-refractivity contribution in [2.75, 3.05) is 18.0 Å². The minimum atomic E-state index is -0.188. The second-order valence-corrected chi connectivity index (χ2v) is 5.07. The van der Waals surface area contributed by atoms with E-state index in [1.165, 1.54) is 0 Å². The highest BCUT2D eigenvalue weighted by molar-refractivity contribution is 6.30. The molecule has 1 aliphatic heterocycles. The summed E-state index contributed by atoms with van der Waals surface area (Å²) < 4.78 is 0. The molecule has 1 amide bonds. The molecule has 1 aromatic carbocycles. The van der Waals surface area contributed by atoms with Crippen molar-refractivity contribution in [3.63, 3.8) is 0 Å². The Balaban J connectivity index is 2.25. The molecule has 2 unspecified atom stereocenters. The van der Waals surface area contributed by atoms with Crippen molar-refractivity contribution in [2.24, 2.45) is 5.73 Å². The Hall–Kier alpha value is -1.26. The minimum absolute atomic E-state index is 0.0501. The molecule has 0 radical (unpaired) electrons. The number of hydrogen-bond acceptors (Lipinski definition) is 3. The van der Waals surface area contributed by atoms with Gasteiger partial charge in [0.05, 0.1) is 0 Å². The van der Waals surface area contributed by atoms with Gasteiger partial charge in [-0.3, -0.25) is 4.79 Å². The summed E-state index contributed by atoms with van der Waals surface area (Å²) in [6.07, 6.45) is 0.654. The van der Waals surface area contributed by atoms with E-state index in [0.717, 1.165) is 12.2 Å². The van der Waals surface area contributed by atoms with Crippen LogP contribution in [0, 0.1) is 0 Å². The zero-order valence-electron chi connectivity index (χ0n) is 10.4. The summed E-state index contributed by atoms with van der Waals surface area (Å²) in [6, 6.07) is 7.52. The van der Waals surface area contributed by atoms with Gasteiger partial charge in [0, 0.05) is 23.3 Å². The van der Waals surface area contributed by atoms with Gasteiger partial charge in [0.15, 0.2) is 0 Å². The summed E-state index contributed by atoms with van der Waals surface area (Å²) >= 11 is 5.89. The molecule has 98 valence electrons. The van der Waals surface area contributed by atoms with Crippen LogP contribution in [-0.4, -0.2) is 31.1 Å². The SMILES string of the molecule is CC1CN(c2ccc(Cl)cc2)C(CCN)C(=O)N1.